The lowest BCUT2D eigenvalue weighted by atomic mass is 10.1. The third-order valence-corrected chi connectivity index (χ3v) is 2.32. The van der Waals surface area contributed by atoms with Crippen molar-refractivity contribution >= 4 is 11.1 Å². The molecule has 0 amide bonds. The van der Waals surface area contributed by atoms with Crippen molar-refractivity contribution in [3.63, 3.8) is 0 Å². The highest BCUT2D eigenvalue weighted by Gasteiger charge is 2.01. The topological polar surface area (TPSA) is 67.3 Å². The number of H-pyrrole nitrogens is 1. The van der Waals surface area contributed by atoms with E-state index in [-0.39, 0.29) is 0 Å². The van der Waals surface area contributed by atoms with Crippen molar-refractivity contribution in [3.8, 4) is 0 Å². The normalized spacial score (nSPS) is 11.1. The van der Waals surface area contributed by atoms with Crippen LogP contribution in [0.3, 0.4) is 0 Å². The van der Waals surface area contributed by atoms with Crippen LogP contribution in [0, 0.1) is 0 Å². The first-order valence-electron chi connectivity index (χ1n) is 5.11. The Hall–Kier alpha value is -1.59. The highest BCUT2D eigenvalue weighted by Crippen LogP contribution is 2.12. The van der Waals surface area contributed by atoms with E-state index in [1.54, 1.807) is 7.11 Å². The van der Waals surface area contributed by atoms with E-state index >= 15 is 0 Å². The Bertz CT molecular complexity index is 515. The monoisotopic (exact) mass is 222 g/mol. The number of nitrogens with one attached hydrogen (secondary N) is 2. The Morgan fingerprint density at radius 3 is 3.19 bits per heavy atom. The number of hydrogen-bond acceptors (Lipinski definition) is 4. The summed E-state index contributed by atoms with van der Waals surface area (Å²) in [5.74, 6) is -0.412. The molecule has 2 rings (SSSR count). The Balaban J connectivity index is 2.04. The molecule has 1 heterocycles. The lowest BCUT2D eigenvalue weighted by molar-refractivity contribution is 0.176. The first-order valence-corrected chi connectivity index (χ1v) is 5.11. The summed E-state index contributed by atoms with van der Waals surface area (Å²) in [5.41, 5.74) is 2.46. The molecular weight excluding hydrogens is 208 g/mol. The second-order valence-corrected chi connectivity index (χ2v) is 3.53. The number of methoxy groups -OCH3 is 1. The van der Waals surface area contributed by atoms with Crippen molar-refractivity contribution in [2.75, 3.05) is 20.4 Å². The van der Waals surface area contributed by atoms with Gasteiger partial charge in [-0.2, -0.15) is 0 Å². The number of hydrogen-bond donors (Lipinski definition) is 2. The molecule has 5 heteroatoms. The zero-order valence-electron chi connectivity index (χ0n) is 9.08. The minimum Gasteiger partial charge on any atom is -0.408 e. The van der Waals surface area contributed by atoms with E-state index in [1.807, 2.05) is 18.2 Å². The van der Waals surface area contributed by atoms with Crippen LogP contribution in [0.1, 0.15) is 5.56 Å². The maximum atomic E-state index is 10.9. The van der Waals surface area contributed by atoms with Gasteiger partial charge in [0, 0.05) is 13.7 Å². The third-order valence-electron chi connectivity index (χ3n) is 2.32. The Labute approximate surface area is 92.4 Å². The molecule has 2 aromatic rings. The lowest BCUT2D eigenvalue weighted by Crippen LogP contribution is -2.19. The maximum absolute atomic E-state index is 10.9. The fourth-order valence-corrected chi connectivity index (χ4v) is 1.55. The quantitative estimate of drug-likeness (QED) is 0.581. The van der Waals surface area contributed by atoms with Crippen LogP contribution in [0.5, 0.6) is 0 Å². The van der Waals surface area contributed by atoms with E-state index in [4.69, 9.17) is 9.15 Å². The minimum absolute atomic E-state index is 0.412. The van der Waals surface area contributed by atoms with Crippen LogP contribution in [0.25, 0.3) is 11.1 Å². The van der Waals surface area contributed by atoms with Gasteiger partial charge in [-0.3, -0.25) is 10.3 Å². The van der Waals surface area contributed by atoms with Gasteiger partial charge in [-0.1, -0.05) is 6.07 Å². The fraction of sp³-hybridized carbons (Fsp3) is 0.364. The van der Waals surface area contributed by atoms with Crippen molar-refractivity contribution < 1.29 is 9.15 Å². The second kappa shape index (κ2) is 4.96. The van der Waals surface area contributed by atoms with Crippen molar-refractivity contribution in [1.82, 2.24) is 10.3 Å². The molecule has 0 aliphatic carbocycles. The SMILES string of the molecule is COCNCCc1ccc2[nH]c(=O)oc2c1. The molecule has 0 unspecified atom stereocenters. The molecule has 0 spiro atoms. The first-order chi connectivity index (χ1) is 7.79. The summed E-state index contributed by atoms with van der Waals surface area (Å²) in [5, 5.41) is 3.11. The van der Waals surface area contributed by atoms with Gasteiger partial charge in [-0.25, -0.2) is 4.79 Å². The van der Waals surface area contributed by atoms with E-state index in [0.717, 1.165) is 24.0 Å². The highest BCUT2D eigenvalue weighted by atomic mass is 16.5. The number of aromatic amines is 1. The Morgan fingerprint density at radius 1 is 1.50 bits per heavy atom. The van der Waals surface area contributed by atoms with Gasteiger partial charge < -0.3 is 9.15 Å². The molecule has 0 fully saturated rings. The van der Waals surface area contributed by atoms with Gasteiger partial charge in [0.2, 0.25) is 0 Å². The lowest BCUT2D eigenvalue weighted by Gasteiger charge is -2.03. The molecule has 5 nitrogen and oxygen atoms in total. The van der Waals surface area contributed by atoms with Crippen LogP contribution in [0.4, 0.5) is 0 Å². The zero-order valence-corrected chi connectivity index (χ0v) is 9.08. The summed E-state index contributed by atoms with van der Waals surface area (Å²) in [6.07, 6.45) is 0.869. The average molecular weight is 222 g/mol. The average Bonchev–Trinajstić information content (AvgIpc) is 2.64. The molecule has 16 heavy (non-hydrogen) atoms. The van der Waals surface area contributed by atoms with Gasteiger partial charge in [-0.15, -0.1) is 0 Å². The van der Waals surface area contributed by atoms with Crippen LogP contribution in [0.15, 0.2) is 27.4 Å². The molecule has 2 N–H and O–H groups in total. The smallest absolute Gasteiger partial charge is 0.408 e. The van der Waals surface area contributed by atoms with Crippen LogP contribution in [-0.2, 0) is 11.2 Å². The summed E-state index contributed by atoms with van der Waals surface area (Å²) in [7, 11) is 1.65. The fourth-order valence-electron chi connectivity index (χ4n) is 1.55. The van der Waals surface area contributed by atoms with Crippen molar-refractivity contribution in [3.05, 3.63) is 34.3 Å². The van der Waals surface area contributed by atoms with Crippen LogP contribution >= 0.6 is 0 Å². The number of aromatic nitrogens is 1. The second-order valence-electron chi connectivity index (χ2n) is 3.53. The first kappa shape index (κ1) is 10.9. The summed E-state index contributed by atoms with van der Waals surface area (Å²) in [6.45, 7) is 1.37. The number of rotatable bonds is 5. The van der Waals surface area contributed by atoms with Gasteiger partial charge in [0.1, 0.15) is 0 Å². The van der Waals surface area contributed by atoms with E-state index in [9.17, 15) is 4.79 Å². The highest BCUT2D eigenvalue weighted by molar-refractivity contribution is 5.72. The van der Waals surface area contributed by atoms with E-state index < -0.39 is 5.76 Å². The van der Waals surface area contributed by atoms with Gasteiger partial charge >= 0.3 is 5.76 Å². The molecule has 1 aromatic heterocycles. The number of fused-ring (bicyclic) bond motifs is 1. The van der Waals surface area contributed by atoms with Crippen molar-refractivity contribution in [2.45, 2.75) is 6.42 Å². The zero-order chi connectivity index (χ0) is 11.4. The summed E-state index contributed by atoms with van der Waals surface area (Å²) in [6, 6.07) is 5.70. The summed E-state index contributed by atoms with van der Waals surface area (Å²) >= 11 is 0. The predicted molar refractivity (Wildman–Crippen MR) is 60.4 cm³/mol. The standard InChI is InChI=1S/C11H14N2O3/c1-15-7-12-5-4-8-2-3-9-10(6-8)16-11(14)13-9/h2-3,6,12H,4-5,7H2,1H3,(H,13,14). The molecule has 0 saturated heterocycles. The molecule has 1 aromatic carbocycles. The third kappa shape index (κ3) is 2.50. The summed E-state index contributed by atoms with van der Waals surface area (Å²) < 4.78 is 9.86. The minimum atomic E-state index is -0.412. The van der Waals surface area contributed by atoms with E-state index in [0.29, 0.717) is 12.3 Å². The molecule has 86 valence electrons. The molecule has 0 radical (unpaired) electrons. The molecule has 0 bridgehead atoms. The van der Waals surface area contributed by atoms with Gasteiger partial charge in [0.15, 0.2) is 5.58 Å². The summed E-state index contributed by atoms with van der Waals surface area (Å²) in [4.78, 5) is 13.6. The van der Waals surface area contributed by atoms with Crippen LogP contribution in [-0.4, -0.2) is 25.4 Å². The predicted octanol–water partition coefficient (Wildman–Crippen LogP) is 0.857. The Morgan fingerprint density at radius 2 is 2.38 bits per heavy atom. The molecule has 0 saturated carbocycles. The largest absolute Gasteiger partial charge is 0.417 e. The van der Waals surface area contributed by atoms with Crippen LogP contribution in [0.2, 0.25) is 0 Å². The van der Waals surface area contributed by atoms with Crippen LogP contribution < -0.4 is 11.1 Å². The number of benzene rings is 1. The van der Waals surface area contributed by atoms with Gasteiger partial charge in [0.05, 0.1) is 12.2 Å². The van der Waals surface area contributed by atoms with E-state index in [1.165, 1.54) is 0 Å². The van der Waals surface area contributed by atoms with Gasteiger partial charge in [-0.05, 0) is 24.1 Å². The van der Waals surface area contributed by atoms with Crippen molar-refractivity contribution in [1.29, 1.82) is 0 Å². The van der Waals surface area contributed by atoms with Gasteiger partial charge in [0.25, 0.3) is 0 Å². The molecule has 0 aliphatic heterocycles. The maximum Gasteiger partial charge on any atom is 0.417 e. The number of ether oxygens (including phenoxy) is 1. The van der Waals surface area contributed by atoms with Crippen molar-refractivity contribution in [2.24, 2.45) is 0 Å². The Kier molecular flexibility index (Phi) is 3.38. The van der Waals surface area contributed by atoms with E-state index in [2.05, 4.69) is 10.3 Å². The molecule has 0 atom stereocenters. The molecule has 0 aliphatic rings. The molecular formula is C11H14N2O3. The number of oxazole rings is 1.